The third-order valence-electron chi connectivity index (χ3n) is 6.73. The molecule has 1 amide bonds. The first-order valence-electron chi connectivity index (χ1n) is 10.3. The van der Waals surface area contributed by atoms with Crippen LogP contribution in [0.4, 0.5) is 0 Å². The molecule has 29 heavy (non-hydrogen) atoms. The smallest absolute Gasteiger partial charge is 0.274 e. The van der Waals surface area contributed by atoms with Gasteiger partial charge >= 0.3 is 0 Å². The van der Waals surface area contributed by atoms with Gasteiger partial charge in [0.05, 0.1) is 19.2 Å². The third-order valence-corrected chi connectivity index (χ3v) is 6.73. The van der Waals surface area contributed by atoms with Crippen molar-refractivity contribution in [3.05, 3.63) is 64.1 Å². The fourth-order valence-corrected chi connectivity index (χ4v) is 5.40. The number of pyridine rings is 1. The number of aromatic nitrogens is 1. The maximum Gasteiger partial charge on any atom is 0.274 e. The van der Waals surface area contributed by atoms with Crippen LogP contribution in [0.5, 0.6) is 5.75 Å². The molecule has 1 aromatic carbocycles. The predicted octanol–water partition coefficient (Wildman–Crippen LogP) is 2.95. The molecule has 1 saturated carbocycles. The van der Waals surface area contributed by atoms with Gasteiger partial charge in [0.25, 0.3) is 5.91 Å². The van der Waals surface area contributed by atoms with Gasteiger partial charge in [0.15, 0.2) is 11.4 Å². The standard InChI is InChI=1S/C23H28N2O4/c1-4-8-15-11-12-17-21(23(15,28)16-9-6-5-7-10-16)25-14-13-18(26)20(29-3)19(25)22(27)24(17)2/h5-7,9-10,13-15,17,21,28H,4,8,11-12H2,1-3H3. The van der Waals surface area contributed by atoms with Crippen molar-refractivity contribution in [2.75, 3.05) is 14.2 Å². The van der Waals surface area contributed by atoms with Crippen LogP contribution in [0.25, 0.3) is 0 Å². The van der Waals surface area contributed by atoms with E-state index in [0.717, 1.165) is 31.2 Å². The van der Waals surface area contributed by atoms with E-state index in [0.29, 0.717) is 0 Å². The molecular formula is C23H28N2O4. The van der Waals surface area contributed by atoms with Crippen LogP contribution in [0, 0.1) is 5.92 Å². The Labute approximate surface area is 170 Å². The Bertz CT molecular complexity index is 971. The van der Waals surface area contributed by atoms with E-state index in [9.17, 15) is 14.7 Å². The Kier molecular flexibility index (Phi) is 4.99. The lowest BCUT2D eigenvalue weighted by atomic mass is 9.64. The van der Waals surface area contributed by atoms with Crippen molar-refractivity contribution in [2.45, 2.75) is 50.3 Å². The number of ether oxygens (including phenoxy) is 1. The lowest BCUT2D eigenvalue weighted by Gasteiger charge is -2.55. The second-order valence-corrected chi connectivity index (χ2v) is 8.15. The van der Waals surface area contributed by atoms with E-state index in [4.69, 9.17) is 4.74 Å². The maximum atomic E-state index is 13.2. The van der Waals surface area contributed by atoms with Crippen LogP contribution >= 0.6 is 0 Å². The molecule has 6 nitrogen and oxygen atoms in total. The highest BCUT2D eigenvalue weighted by Crippen LogP contribution is 2.53. The van der Waals surface area contributed by atoms with Crippen molar-refractivity contribution in [3.63, 3.8) is 0 Å². The molecule has 4 rings (SSSR count). The predicted molar refractivity (Wildman–Crippen MR) is 110 cm³/mol. The number of aliphatic hydroxyl groups is 1. The summed E-state index contributed by atoms with van der Waals surface area (Å²) < 4.78 is 7.12. The molecule has 4 unspecified atom stereocenters. The van der Waals surface area contributed by atoms with Gasteiger partial charge in [-0.2, -0.15) is 0 Å². The minimum Gasteiger partial charge on any atom is -0.491 e. The fraction of sp³-hybridized carbons (Fsp3) is 0.478. The second-order valence-electron chi connectivity index (χ2n) is 8.15. The minimum absolute atomic E-state index is 0.0378. The summed E-state index contributed by atoms with van der Waals surface area (Å²) in [6, 6.07) is 10.6. The molecular weight excluding hydrogens is 368 g/mol. The molecule has 0 radical (unpaired) electrons. The van der Waals surface area contributed by atoms with Crippen LogP contribution in [0.3, 0.4) is 0 Å². The molecule has 6 heteroatoms. The molecule has 2 heterocycles. The van der Waals surface area contributed by atoms with Crippen molar-refractivity contribution in [1.29, 1.82) is 0 Å². The molecule has 1 aromatic heterocycles. The Morgan fingerprint density at radius 3 is 2.55 bits per heavy atom. The van der Waals surface area contributed by atoms with Gasteiger partial charge < -0.3 is 19.3 Å². The van der Waals surface area contributed by atoms with E-state index in [1.807, 2.05) is 30.3 Å². The van der Waals surface area contributed by atoms with E-state index in [-0.39, 0.29) is 34.7 Å². The quantitative estimate of drug-likeness (QED) is 0.863. The summed E-state index contributed by atoms with van der Waals surface area (Å²) in [7, 11) is 3.16. The lowest BCUT2D eigenvalue weighted by Crippen LogP contribution is -2.61. The van der Waals surface area contributed by atoms with E-state index in [1.54, 1.807) is 22.7 Å². The van der Waals surface area contributed by atoms with E-state index >= 15 is 0 Å². The number of rotatable bonds is 4. The lowest BCUT2D eigenvalue weighted by molar-refractivity contribution is -0.126. The van der Waals surface area contributed by atoms with Gasteiger partial charge in [-0.05, 0) is 30.7 Å². The zero-order valence-corrected chi connectivity index (χ0v) is 17.2. The summed E-state index contributed by atoms with van der Waals surface area (Å²) in [5.74, 6) is -0.156. The third kappa shape index (κ3) is 2.81. The SMILES string of the molecule is CCCC1CCC2C(n3ccc(=O)c(OC)c3C(=O)N2C)C1(O)c1ccccc1. The number of carbonyl (C=O) groups excluding carboxylic acids is 1. The summed E-state index contributed by atoms with van der Waals surface area (Å²) in [6.45, 7) is 2.13. The van der Waals surface area contributed by atoms with Crippen molar-refractivity contribution in [3.8, 4) is 5.75 Å². The average molecular weight is 396 g/mol. The largest absolute Gasteiger partial charge is 0.491 e. The highest BCUT2D eigenvalue weighted by Gasteiger charge is 2.56. The molecule has 1 aliphatic heterocycles. The van der Waals surface area contributed by atoms with Crippen molar-refractivity contribution in [2.24, 2.45) is 5.92 Å². The number of amides is 1. The number of hydrogen-bond acceptors (Lipinski definition) is 4. The summed E-state index contributed by atoms with van der Waals surface area (Å²) in [5, 5.41) is 12.3. The maximum absolute atomic E-state index is 13.2. The zero-order chi connectivity index (χ0) is 20.8. The van der Waals surface area contributed by atoms with Crippen LogP contribution < -0.4 is 10.2 Å². The van der Waals surface area contributed by atoms with Crippen LogP contribution in [-0.2, 0) is 5.60 Å². The molecule has 2 aromatic rings. The molecule has 2 aliphatic rings. The molecule has 154 valence electrons. The molecule has 1 aliphatic carbocycles. The van der Waals surface area contributed by atoms with Crippen molar-refractivity contribution < 1.29 is 14.6 Å². The van der Waals surface area contributed by atoms with Crippen LogP contribution in [-0.4, -0.2) is 40.7 Å². The summed E-state index contributed by atoms with van der Waals surface area (Å²) in [5.41, 5.74) is -0.429. The molecule has 0 bridgehead atoms. The van der Waals surface area contributed by atoms with Gasteiger partial charge in [0.1, 0.15) is 5.60 Å². The number of hydrogen-bond donors (Lipinski definition) is 1. The van der Waals surface area contributed by atoms with Gasteiger partial charge in [0.2, 0.25) is 5.43 Å². The number of fused-ring (bicyclic) bond motifs is 3. The summed E-state index contributed by atoms with van der Waals surface area (Å²) >= 11 is 0. The van der Waals surface area contributed by atoms with Crippen LogP contribution in [0.2, 0.25) is 0 Å². The average Bonchev–Trinajstić information content (AvgIpc) is 2.74. The monoisotopic (exact) mass is 396 g/mol. The van der Waals surface area contributed by atoms with E-state index < -0.39 is 11.6 Å². The first-order chi connectivity index (χ1) is 13.9. The summed E-state index contributed by atoms with van der Waals surface area (Å²) in [6.07, 6.45) is 5.14. The summed E-state index contributed by atoms with van der Waals surface area (Å²) in [4.78, 5) is 27.2. The molecule has 1 N–H and O–H groups in total. The van der Waals surface area contributed by atoms with Gasteiger partial charge in [0, 0.05) is 19.3 Å². The van der Waals surface area contributed by atoms with Crippen LogP contribution in [0.1, 0.15) is 54.7 Å². The van der Waals surface area contributed by atoms with Crippen LogP contribution in [0.15, 0.2) is 47.4 Å². The van der Waals surface area contributed by atoms with Crippen molar-refractivity contribution in [1.82, 2.24) is 9.47 Å². The number of likely N-dealkylation sites (N-methyl/N-ethyl adjacent to an activating group) is 1. The Hall–Kier alpha value is -2.60. The normalized spacial score (nSPS) is 28.6. The first kappa shape index (κ1) is 19.7. The number of benzene rings is 1. The Morgan fingerprint density at radius 1 is 1.17 bits per heavy atom. The molecule has 4 atom stereocenters. The molecule has 0 saturated heterocycles. The molecule has 1 fully saturated rings. The molecule has 0 spiro atoms. The van der Waals surface area contributed by atoms with Gasteiger partial charge in [-0.3, -0.25) is 9.59 Å². The number of nitrogens with zero attached hydrogens (tertiary/aromatic N) is 2. The number of carbonyl (C=O) groups is 1. The van der Waals surface area contributed by atoms with E-state index in [1.165, 1.54) is 13.2 Å². The fourth-order valence-electron chi connectivity index (χ4n) is 5.40. The highest BCUT2D eigenvalue weighted by atomic mass is 16.5. The topological polar surface area (TPSA) is 71.8 Å². The van der Waals surface area contributed by atoms with E-state index in [2.05, 4.69) is 6.92 Å². The Morgan fingerprint density at radius 2 is 1.90 bits per heavy atom. The second kappa shape index (κ2) is 7.34. The van der Waals surface area contributed by atoms with Crippen molar-refractivity contribution >= 4 is 5.91 Å². The van der Waals surface area contributed by atoms with Gasteiger partial charge in [-0.15, -0.1) is 0 Å². The van der Waals surface area contributed by atoms with Gasteiger partial charge in [-0.1, -0.05) is 43.7 Å². The zero-order valence-electron chi connectivity index (χ0n) is 17.2. The Balaban J connectivity index is 2.00. The number of methoxy groups -OCH3 is 1. The first-order valence-corrected chi connectivity index (χ1v) is 10.3. The highest BCUT2D eigenvalue weighted by molar-refractivity contribution is 5.96. The van der Waals surface area contributed by atoms with Gasteiger partial charge in [-0.25, -0.2) is 0 Å². The minimum atomic E-state index is -1.16.